The highest BCUT2D eigenvalue weighted by atomic mass is 32.3. The summed E-state index contributed by atoms with van der Waals surface area (Å²) in [6, 6.07) is 0. The third-order valence-corrected chi connectivity index (χ3v) is 8.10. The Bertz CT molecular complexity index is 636. The SMILES string of the molecule is CCC(C)C(=O)OCCCCC(S(=O)(=O)C(F)(F)F)S(=O)(=O)C(F)(F)F. The Balaban J connectivity index is 5.19. The molecule has 0 radical (unpaired) electrons. The Kier molecular flexibility index (Phi) is 8.41. The van der Waals surface area contributed by atoms with Gasteiger partial charge in [-0.3, -0.25) is 4.79 Å². The number of sulfone groups is 2. The lowest BCUT2D eigenvalue weighted by molar-refractivity contribution is -0.148. The number of hydrogen-bond donors (Lipinski definition) is 0. The fraction of sp³-hybridized carbons (Fsp3) is 0.917. The summed E-state index contributed by atoms with van der Waals surface area (Å²) >= 11 is 0. The molecule has 0 aliphatic carbocycles. The van der Waals surface area contributed by atoms with Gasteiger partial charge >= 0.3 is 17.0 Å². The van der Waals surface area contributed by atoms with Gasteiger partial charge in [-0.1, -0.05) is 13.8 Å². The zero-order valence-electron chi connectivity index (χ0n) is 13.7. The second-order valence-corrected chi connectivity index (χ2v) is 9.93. The molecule has 0 aromatic heterocycles. The molecule has 26 heavy (non-hydrogen) atoms. The standard InChI is InChI=1S/C12H18F6O6S2/c1-3-8(2)10(19)24-7-5-4-6-9(25(20,21)11(13,14)15)26(22,23)12(16,17)18/h8-9H,3-7H2,1-2H3. The van der Waals surface area contributed by atoms with Crippen LogP contribution in [0.5, 0.6) is 0 Å². The Morgan fingerprint density at radius 3 is 1.69 bits per heavy atom. The third-order valence-electron chi connectivity index (χ3n) is 3.43. The molecule has 0 bridgehead atoms. The number of unbranched alkanes of at least 4 members (excludes halogenated alkanes) is 1. The van der Waals surface area contributed by atoms with E-state index in [1.54, 1.807) is 6.92 Å². The monoisotopic (exact) mass is 436 g/mol. The van der Waals surface area contributed by atoms with E-state index in [1.807, 2.05) is 0 Å². The second-order valence-electron chi connectivity index (χ2n) is 5.38. The first kappa shape index (κ1) is 24.9. The van der Waals surface area contributed by atoms with Crippen LogP contribution in [0.3, 0.4) is 0 Å². The van der Waals surface area contributed by atoms with Gasteiger partial charge in [-0.15, -0.1) is 0 Å². The summed E-state index contributed by atoms with van der Waals surface area (Å²) in [5, 5.41) is 0. The first-order valence-electron chi connectivity index (χ1n) is 7.27. The third kappa shape index (κ3) is 5.99. The average Bonchev–Trinajstić information content (AvgIpc) is 2.46. The van der Waals surface area contributed by atoms with E-state index in [1.165, 1.54) is 6.92 Å². The van der Waals surface area contributed by atoms with Crippen LogP contribution in [0.2, 0.25) is 0 Å². The number of esters is 1. The van der Waals surface area contributed by atoms with Crippen molar-refractivity contribution in [3.05, 3.63) is 0 Å². The first-order chi connectivity index (χ1) is 11.5. The van der Waals surface area contributed by atoms with E-state index in [4.69, 9.17) is 4.74 Å². The van der Waals surface area contributed by atoms with Gasteiger partial charge in [-0.25, -0.2) is 16.8 Å². The molecule has 6 nitrogen and oxygen atoms in total. The lowest BCUT2D eigenvalue weighted by Gasteiger charge is -2.20. The quantitative estimate of drug-likeness (QED) is 0.313. The Labute approximate surface area is 146 Å². The van der Waals surface area contributed by atoms with Crippen molar-refractivity contribution in [3.63, 3.8) is 0 Å². The minimum atomic E-state index is -6.62. The molecule has 0 amide bonds. The van der Waals surface area contributed by atoms with Gasteiger partial charge in [0.2, 0.25) is 0 Å². The molecule has 0 spiro atoms. The molecule has 0 saturated carbocycles. The predicted molar refractivity (Wildman–Crippen MR) is 78.0 cm³/mol. The van der Waals surface area contributed by atoms with E-state index in [-0.39, 0.29) is 6.42 Å². The molecule has 0 saturated heterocycles. The van der Waals surface area contributed by atoms with Crippen LogP contribution in [0.15, 0.2) is 0 Å². The van der Waals surface area contributed by atoms with E-state index in [0.717, 1.165) is 0 Å². The fourth-order valence-electron chi connectivity index (χ4n) is 1.67. The van der Waals surface area contributed by atoms with Crippen molar-refractivity contribution in [1.82, 2.24) is 0 Å². The molecule has 1 atom stereocenters. The number of halogens is 6. The fourth-order valence-corrected chi connectivity index (χ4v) is 5.21. The molecule has 156 valence electrons. The van der Waals surface area contributed by atoms with Crippen LogP contribution < -0.4 is 0 Å². The van der Waals surface area contributed by atoms with Crippen molar-refractivity contribution in [2.45, 2.75) is 55.1 Å². The molecule has 0 N–H and O–H groups in total. The van der Waals surface area contributed by atoms with E-state index < -0.39 is 66.6 Å². The maximum Gasteiger partial charge on any atom is 0.498 e. The minimum Gasteiger partial charge on any atom is -0.465 e. The van der Waals surface area contributed by atoms with E-state index in [2.05, 4.69) is 0 Å². The number of alkyl halides is 6. The molecule has 0 fully saturated rings. The van der Waals surface area contributed by atoms with Crippen LogP contribution in [0, 0.1) is 5.92 Å². The highest BCUT2D eigenvalue weighted by Crippen LogP contribution is 2.38. The Morgan fingerprint density at radius 2 is 1.35 bits per heavy atom. The lowest BCUT2D eigenvalue weighted by atomic mass is 10.1. The molecule has 14 heteroatoms. The maximum atomic E-state index is 12.5. The molecule has 0 aliphatic rings. The minimum absolute atomic E-state index is 0.306. The molecule has 0 aliphatic heterocycles. The van der Waals surface area contributed by atoms with Crippen molar-refractivity contribution >= 4 is 25.6 Å². The average molecular weight is 436 g/mol. The van der Waals surface area contributed by atoms with Crippen molar-refractivity contribution in [2.24, 2.45) is 5.92 Å². The molecule has 0 aromatic carbocycles. The summed E-state index contributed by atoms with van der Waals surface area (Å²) in [6.45, 7) is 2.82. The van der Waals surface area contributed by atoms with Crippen LogP contribution in [0.1, 0.15) is 39.5 Å². The Morgan fingerprint density at radius 1 is 0.923 bits per heavy atom. The zero-order chi connectivity index (χ0) is 21.0. The second kappa shape index (κ2) is 8.76. The van der Waals surface area contributed by atoms with Crippen LogP contribution >= 0.6 is 0 Å². The van der Waals surface area contributed by atoms with Crippen LogP contribution in [-0.2, 0) is 29.2 Å². The Hall–Kier alpha value is -1.05. The van der Waals surface area contributed by atoms with E-state index >= 15 is 0 Å². The molecule has 1 unspecified atom stereocenters. The molecular weight excluding hydrogens is 418 g/mol. The highest BCUT2D eigenvalue weighted by Gasteiger charge is 2.62. The van der Waals surface area contributed by atoms with Gasteiger partial charge in [0.1, 0.15) is 0 Å². The van der Waals surface area contributed by atoms with Gasteiger partial charge in [-0.05, 0) is 25.7 Å². The number of hydrogen-bond acceptors (Lipinski definition) is 6. The smallest absolute Gasteiger partial charge is 0.465 e. The number of rotatable bonds is 9. The predicted octanol–water partition coefficient (Wildman–Crippen LogP) is 2.94. The summed E-state index contributed by atoms with van der Waals surface area (Å²) in [5.41, 5.74) is -12.3. The summed E-state index contributed by atoms with van der Waals surface area (Å²) in [4.78, 5) is 11.3. The maximum absolute atomic E-state index is 12.5. The molecule has 0 heterocycles. The van der Waals surface area contributed by atoms with Gasteiger partial charge in [0, 0.05) is 0 Å². The number of carbonyl (C=O) groups excluding carboxylic acids is 1. The van der Waals surface area contributed by atoms with Gasteiger partial charge < -0.3 is 4.74 Å². The summed E-state index contributed by atoms with van der Waals surface area (Å²) in [6.07, 6.45) is -1.96. The normalized spacial score (nSPS) is 15.1. The zero-order valence-corrected chi connectivity index (χ0v) is 15.4. The topological polar surface area (TPSA) is 94.6 Å². The van der Waals surface area contributed by atoms with Gasteiger partial charge in [-0.2, -0.15) is 26.3 Å². The lowest BCUT2D eigenvalue weighted by Crippen LogP contribution is -2.44. The van der Waals surface area contributed by atoms with Crippen LogP contribution in [-0.4, -0.2) is 45.0 Å². The summed E-state index contributed by atoms with van der Waals surface area (Å²) in [5.74, 6) is -1.12. The van der Waals surface area contributed by atoms with E-state index in [0.29, 0.717) is 6.42 Å². The molecule has 0 aromatic rings. The molecule has 0 rings (SSSR count). The summed E-state index contributed by atoms with van der Waals surface area (Å²) in [7, 11) is -13.2. The summed E-state index contributed by atoms with van der Waals surface area (Å²) < 4.78 is 121. The van der Waals surface area contributed by atoms with Gasteiger partial charge in [0.25, 0.3) is 19.7 Å². The number of ether oxygens (including phenoxy) is 1. The van der Waals surface area contributed by atoms with Gasteiger partial charge in [0.05, 0.1) is 12.5 Å². The van der Waals surface area contributed by atoms with Gasteiger partial charge in [0.15, 0.2) is 4.58 Å². The van der Waals surface area contributed by atoms with Crippen LogP contribution in [0.4, 0.5) is 26.3 Å². The number of carbonyl (C=O) groups is 1. The largest absolute Gasteiger partial charge is 0.498 e. The van der Waals surface area contributed by atoms with Crippen LogP contribution in [0.25, 0.3) is 0 Å². The van der Waals surface area contributed by atoms with Crippen molar-refractivity contribution in [2.75, 3.05) is 6.61 Å². The van der Waals surface area contributed by atoms with Crippen molar-refractivity contribution in [3.8, 4) is 0 Å². The van der Waals surface area contributed by atoms with E-state index in [9.17, 15) is 48.0 Å². The molecular formula is C12H18F6O6S2. The van der Waals surface area contributed by atoms with Crippen molar-refractivity contribution in [1.29, 1.82) is 0 Å². The highest BCUT2D eigenvalue weighted by molar-refractivity contribution is 8.09. The first-order valence-corrected chi connectivity index (χ1v) is 10.4. The van der Waals surface area contributed by atoms with Crippen molar-refractivity contribution < 1.29 is 52.7 Å².